The molecule has 0 aromatic heterocycles. The maximum absolute atomic E-state index is 5.90. The van der Waals surface area contributed by atoms with E-state index in [9.17, 15) is 0 Å². The fourth-order valence-electron chi connectivity index (χ4n) is 1.90. The first-order valence-corrected chi connectivity index (χ1v) is 6.29. The summed E-state index contributed by atoms with van der Waals surface area (Å²) in [5, 5.41) is 0.765. The van der Waals surface area contributed by atoms with Gasteiger partial charge in [-0.1, -0.05) is 23.7 Å². The van der Waals surface area contributed by atoms with E-state index in [0.29, 0.717) is 0 Å². The maximum Gasteiger partial charge on any atom is 0.0511 e. The Kier molecular flexibility index (Phi) is 3.78. The lowest BCUT2D eigenvalue weighted by Crippen LogP contribution is -2.21. The quantitative estimate of drug-likeness (QED) is 0.841. The van der Waals surface area contributed by atoms with Gasteiger partial charge in [-0.15, -0.1) is 0 Å². The summed E-state index contributed by atoms with van der Waals surface area (Å²) < 4.78 is 0. The molecule has 0 saturated carbocycles. The van der Waals surface area contributed by atoms with Crippen LogP contribution in [-0.4, -0.2) is 7.05 Å². The number of benzene rings is 2. The van der Waals surface area contributed by atoms with Gasteiger partial charge in [-0.25, -0.2) is 0 Å². The maximum atomic E-state index is 5.90. The van der Waals surface area contributed by atoms with Crippen molar-refractivity contribution in [3.05, 3.63) is 59.1 Å². The zero-order valence-electron chi connectivity index (χ0n) is 10.6. The first-order chi connectivity index (χ1) is 8.58. The Hall–Kier alpha value is -1.67. The summed E-state index contributed by atoms with van der Waals surface area (Å²) in [6.45, 7) is 2.17. The van der Waals surface area contributed by atoms with E-state index < -0.39 is 0 Å². The molecule has 0 saturated heterocycles. The molecule has 2 rings (SSSR count). The SMILES string of the molecule is CC(c1ccc(Cl)cc1)N(C)c1ccc(N)cc1. The van der Waals surface area contributed by atoms with Crippen LogP contribution in [0.25, 0.3) is 0 Å². The van der Waals surface area contributed by atoms with Crippen LogP contribution in [0.5, 0.6) is 0 Å². The van der Waals surface area contributed by atoms with Crippen molar-refractivity contribution in [2.45, 2.75) is 13.0 Å². The van der Waals surface area contributed by atoms with Gasteiger partial charge in [0.25, 0.3) is 0 Å². The molecule has 0 fully saturated rings. The minimum atomic E-state index is 0.283. The Morgan fingerprint density at radius 2 is 1.56 bits per heavy atom. The first kappa shape index (κ1) is 12.8. The van der Waals surface area contributed by atoms with Gasteiger partial charge in [-0.05, 0) is 48.9 Å². The van der Waals surface area contributed by atoms with Crippen molar-refractivity contribution >= 4 is 23.0 Å². The van der Waals surface area contributed by atoms with Gasteiger partial charge < -0.3 is 10.6 Å². The molecule has 0 aliphatic rings. The molecule has 2 N–H and O–H groups in total. The molecule has 0 radical (unpaired) electrons. The van der Waals surface area contributed by atoms with Crippen molar-refractivity contribution in [1.82, 2.24) is 0 Å². The molecule has 0 amide bonds. The van der Waals surface area contributed by atoms with E-state index >= 15 is 0 Å². The van der Waals surface area contributed by atoms with Crippen molar-refractivity contribution in [3.63, 3.8) is 0 Å². The fraction of sp³-hybridized carbons (Fsp3) is 0.200. The second-order valence-electron chi connectivity index (χ2n) is 4.43. The Morgan fingerprint density at radius 3 is 2.11 bits per heavy atom. The van der Waals surface area contributed by atoms with E-state index in [4.69, 9.17) is 17.3 Å². The van der Waals surface area contributed by atoms with Crippen molar-refractivity contribution in [3.8, 4) is 0 Å². The number of nitrogen functional groups attached to an aromatic ring is 1. The average molecular weight is 261 g/mol. The van der Waals surface area contributed by atoms with E-state index in [0.717, 1.165) is 16.4 Å². The summed E-state index contributed by atoms with van der Waals surface area (Å²) in [6.07, 6.45) is 0. The summed E-state index contributed by atoms with van der Waals surface area (Å²) in [6, 6.07) is 16.1. The van der Waals surface area contributed by atoms with Crippen LogP contribution in [0.4, 0.5) is 11.4 Å². The highest BCUT2D eigenvalue weighted by Crippen LogP contribution is 2.26. The van der Waals surface area contributed by atoms with Crippen molar-refractivity contribution in [1.29, 1.82) is 0 Å². The van der Waals surface area contributed by atoms with Gasteiger partial charge in [0.15, 0.2) is 0 Å². The van der Waals surface area contributed by atoms with Crippen LogP contribution >= 0.6 is 11.6 Å². The Morgan fingerprint density at radius 1 is 1.00 bits per heavy atom. The molecule has 0 aliphatic heterocycles. The largest absolute Gasteiger partial charge is 0.399 e. The molecule has 0 bridgehead atoms. The molecular weight excluding hydrogens is 244 g/mol. The summed E-state index contributed by atoms with van der Waals surface area (Å²) in [7, 11) is 2.07. The van der Waals surface area contributed by atoms with E-state index in [-0.39, 0.29) is 6.04 Å². The van der Waals surface area contributed by atoms with Gasteiger partial charge in [-0.2, -0.15) is 0 Å². The number of hydrogen-bond donors (Lipinski definition) is 1. The summed E-state index contributed by atoms with van der Waals surface area (Å²) in [5.74, 6) is 0. The van der Waals surface area contributed by atoms with Gasteiger partial charge in [0.2, 0.25) is 0 Å². The van der Waals surface area contributed by atoms with Crippen LogP contribution in [0.15, 0.2) is 48.5 Å². The first-order valence-electron chi connectivity index (χ1n) is 5.92. The lowest BCUT2D eigenvalue weighted by Gasteiger charge is -2.27. The molecule has 0 spiro atoms. The lowest BCUT2D eigenvalue weighted by molar-refractivity contribution is 0.740. The van der Waals surface area contributed by atoms with Crippen molar-refractivity contribution in [2.24, 2.45) is 0 Å². The fourth-order valence-corrected chi connectivity index (χ4v) is 2.02. The summed E-state index contributed by atoms with van der Waals surface area (Å²) in [4.78, 5) is 2.21. The highest BCUT2D eigenvalue weighted by Gasteiger charge is 2.11. The molecule has 3 heteroatoms. The van der Waals surface area contributed by atoms with E-state index in [2.05, 4.69) is 31.0 Å². The normalized spacial score (nSPS) is 12.2. The molecule has 2 aromatic rings. The molecule has 0 aliphatic carbocycles. The second kappa shape index (κ2) is 5.32. The monoisotopic (exact) mass is 260 g/mol. The van der Waals surface area contributed by atoms with Crippen molar-refractivity contribution in [2.75, 3.05) is 17.7 Å². The topological polar surface area (TPSA) is 29.3 Å². The van der Waals surface area contributed by atoms with Gasteiger partial charge in [0.05, 0.1) is 6.04 Å². The van der Waals surface area contributed by atoms with E-state index in [1.54, 1.807) is 0 Å². The minimum absolute atomic E-state index is 0.283. The van der Waals surface area contributed by atoms with E-state index in [1.807, 2.05) is 36.4 Å². The van der Waals surface area contributed by atoms with Crippen LogP contribution in [0, 0.1) is 0 Å². The number of nitrogens with zero attached hydrogens (tertiary/aromatic N) is 1. The zero-order chi connectivity index (χ0) is 13.1. The number of nitrogens with two attached hydrogens (primary N) is 1. The van der Waals surface area contributed by atoms with Crippen molar-refractivity contribution < 1.29 is 0 Å². The number of rotatable bonds is 3. The molecule has 2 aromatic carbocycles. The van der Waals surface area contributed by atoms with Gasteiger partial charge >= 0.3 is 0 Å². The predicted molar refractivity (Wildman–Crippen MR) is 79.1 cm³/mol. The van der Waals surface area contributed by atoms with Crippen LogP contribution in [0.1, 0.15) is 18.5 Å². The standard InChI is InChI=1S/C15H17ClN2/c1-11(12-3-5-13(16)6-4-12)18(2)15-9-7-14(17)8-10-15/h3-11H,17H2,1-2H3. The third-order valence-corrected chi connectivity index (χ3v) is 3.49. The highest BCUT2D eigenvalue weighted by molar-refractivity contribution is 6.30. The molecular formula is C15H17ClN2. The summed E-state index contributed by atoms with van der Waals surface area (Å²) >= 11 is 5.90. The third kappa shape index (κ3) is 2.77. The number of hydrogen-bond acceptors (Lipinski definition) is 2. The van der Waals surface area contributed by atoms with Crippen LogP contribution in [-0.2, 0) is 0 Å². The zero-order valence-corrected chi connectivity index (χ0v) is 11.4. The van der Waals surface area contributed by atoms with E-state index in [1.165, 1.54) is 5.56 Å². The smallest absolute Gasteiger partial charge is 0.0511 e. The van der Waals surface area contributed by atoms with Gasteiger partial charge in [0.1, 0.15) is 0 Å². The minimum Gasteiger partial charge on any atom is -0.399 e. The molecule has 1 unspecified atom stereocenters. The summed E-state index contributed by atoms with van der Waals surface area (Å²) in [5.41, 5.74) is 8.86. The average Bonchev–Trinajstić information content (AvgIpc) is 2.39. The lowest BCUT2D eigenvalue weighted by atomic mass is 10.1. The van der Waals surface area contributed by atoms with Gasteiger partial charge in [0, 0.05) is 23.4 Å². The van der Waals surface area contributed by atoms with Crippen LogP contribution in [0.2, 0.25) is 5.02 Å². The molecule has 94 valence electrons. The Bertz CT molecular complexity index is 456. The Balaban J connectivity index is 2.20. The second-order valence-corrected chi connectivity index (χ2v) is 4.87. The third-order valence-electron chi connectivity index (χ3n) is 3.23. The number of halogens is 1. The number of anilines is 2. The molecule has 0 heterocycles. The van der Waals surface area contributed by atoms with Gasteiger partial charge in [-0.3, -0.25) is 0 Å². The molecule has 2 nitrogen and oxygen atoms in total. The van der Waals surface area contributed by atoms with Crippen LogP contribution in [0.3, 0.4) is 0 Å². The highest BCUT2D eigenvalue weighted by atomic mass is 35.5. The predicted octanol–water partition coefficient (Wildman–Crippen LogP) is 4.12. The van der Waals surface area contributed by atoms with Crippen LogP contribution < -0.4 is 10.6 Å². The molecule has 18 heavy (non-hydrogen) atoms. The molecule has 1 atom stereocenters. The Labute approximate surface area is 113 Å².